The summed E-state index contributed by atoms with van der Waals surface area (Å²) in [7, 11) is 0. The average molecular weight is 559 g/mol. The normalized spacial score (nSPS) is 40.0. The van der Waals surface area contributed by atoms with Crippen molar-refractivity contribution in [3.63, 3.8) is 0 Å². The highest BCUT2D eigenvalue weighted by Crippen LogP contribution is 2.71. The second-order valence-corrected chi connectivity index (χ2v) is 14.5. The van der Waals surface area contributed by atoms with Crippen LogP contribution in [-0.4, -0.2) is 51.7 Å². The maximum atomic E-state index is 14.2. The zero-order valence-electron chi connectivity index (χ0n) is 25.3. The summed E-state index contributed by atoms with van der Waals surface area (Å²) in [5.74, 6) is -3.03. The van der Waals surface area contributed by atoms with Gasteiger partial charge in [-0.15, -0.1) is 0 Å². The van der Waals surface area contributed by atoms with Crippen LogP contribution in [0.5, 0.6) is 0 Å². The van der Waals surface area contributed by atoms with Crippen LogP contribution in [0.25, 0.3) is 0 Å². The number of fused-ring (bicyclic) bond motifs is 4. The molecule has 9 atom stereocenters. The van der Waals surface area contributed by atoms with Crippen molar-refractivity contribution in [3.05, 3.63) is 11.1 Å². The molecule has 4 aliphatic carbocycles. The molecule has 0 amide bonds. The number of carbonyl (C=O) groups excluding carboxylic acids is 4. The molecule has 0 spiro atoms. The molecule has 0 aromatic carbocycles. The second kappa shape index (κ2) is 9.88. The summed E-state index contributed by atoms with van der Waals surface area (Å²) in [4.78, 5) is 64.2. The number of aliphatic carboxylic acids is 1. The minimum Gasteiger partial charge on any atom is -0.481 e. The van der Waals surface area contributed by atoms with Gasteiger partial charge in [0.15, 0.2) is 11.6 Å². The predicted octanol–water partition coefficient (Wildman–Crippen LogP) is 4.70. The summed E-state index contributed by atoms with van der Waals surface area (Å²) < 4.78 is 5.68. The first kappa shape index (κ1) is 30.6. The molecule has 0 saturated heterocycles. The lowest BCUT2D eigenvalue weighted by atomic mass is 9.42. The molecule has 0 aliphatic heterocycles. The third kappa shape index (κ3) is 4.31. The van der Waals surface area contributed by atoms with Gasteiger partial charge < -0.3 is 14.9 Å². The van der Waals surface area contributed by atoms with E-state index in [4.69, 9.17) is 4.74 Å². The number of allylic oxidation sites excluding steroid dienone is 1. The van der Waals surface area contributed by atoms with Crippen molar-refractivity contribution in [1.29, 1.82) is 0 Å². The molecule has 2 unspecified atom stereocenters. The van der Waals surface area contributed by atoms with Crippen molar-refractivity contribution in [2.75, 3.05) is 0 Å². The van der Waals surface area contributed by atoms with E-state index in [0.717, 1.165) is 0 Å². The van der Waals surface area contributed by atoms with Crippen LogP contribution in [0, 0.1) is 45.3 Å². The Morgan fingerprint density at radius 3 is 2.20 bits per heavy atom. The third-order valence-corrected chi connectivity index (χ3v) is 11.9. The molecule has 2 fully saturated rings. The number of hydrogen-bond donors (Lipinski definition) is 2. The quantitative estimate of drug-likeness (QED) is 0.429. The van der Waals surface area contributed by atoms with Gasteiger partial charge in [-0.3, -0.25) is 24.0 Å². The molecular formula is C32H46O8. The van der Waals surface area contributed by atoms with Crippen molar-refractivity contribution in [2.24, 2.45) is 45.3 Å². The minimum absolute atomic E-state index is 0.0560. The van der Waals surface area contributed by atoms with E-state index < -0.39 is 39.7 Å². The van der Waals surface area contributed by atoms with E-state index in [9.17, 15) is 34.2 Å². The van der Waals surface area contributed by atoms with E-state index in [0.29, 0.717) is 30.4 Å². The van der Waals surface area contributed by atoms with E-state index in [2.05, 4.69) is 6.92 Å². The maximum absolute atomic E-state index is 14.2. The number of carboxylic acids is 1. The largest absolute Gasteiger partial charge is 0.481 e. The molecule has 4 rings (SSSR count). The molecule has 2 saturated carbocycles. The zero-order chi connectivity index (χ0) is 30.2. The summed E-state index contributed by atoms with van der Waals surface area (Å²) in [6.07, 6.45) is 0.870. The van der Waals surface area contributed by atoms with E-state index >= 15 is 0 Å². The van der Waals surface area contributed by atoms with Crippen LogP contribution in [0.2, 0.25) is 0 Å². The van der Waals surface area contributed by atoms with E-state index in [1.54, 1.807) is 0 Å². The lowest BCUT2D eigenvalue weighted by molar-refractivity contribution is -0.169. The monoisotopic (exact) mass is 558 g/mol. The Kier molecular flexibility index (Phi) is 7.56. The van der Waals surface area contributed by atoms with Gasteiger partial charge in [0.05, 0.1) is 12.0 Å². The molecule has 0 aromatic rings. The van der Waals surface area contributed by atoms with Gasteiger partial charge >= 0.3 is 11.9 Å². The van der Waals surface area contributed by atoms with Gasteiger partial charge in [0.25, 0.3) is 0 Å². The number of ether oxygens (including phenoxy) is 1. The zero-order valence-corrected chi connectivity index (χ0v) is 25.3. The Labute approximate surface area is 237 Å². The van der Waals surface area contributed by atoms with Gasteiger partial charge in [-0.1, -0.05) is 48.5 Å². The highest BCUT2D eigenvalue weighted by atomic mass is 16.5. The fraction of sp³-hybridized carbons (Fsp3) is 0.781. The summed E-state index contributed by atoms with van der Waals surface area (Å²) in [5, 5.41) is 20.9. The summed E-state index contributed by atoms with van der Waals surface area (Å²) in [6, 6.07) is 0. The molecule has 8 nitrogen and oxygen atoms in total. The predicted molar refractivity (Wildman–Crippen MR) is 147 cm³/mol. The van der Waals surface area contributed by atoms with Crippen molar-refractivity contribution in [3.8, 4) is 0 Å². The van der Waals surface area contributed by atoms with Crippen LogP contribution in [0.3, 0.4) is 0 Å². The van der Waals surface area contributed by atoms with Crippen molar-refractivity contribution < 1.29 is 38.9 Å². The number of esters is 1. The highest BCUT2D eigenvalue weighted by Gasteiger charge is 2.70. The number of hydrogen-bond acceptors (Lipinski definition) is 7. The SMILES string of the molecule is CC(=O)O[C@H]1CC[C@]2(C)C3=C(C(=O)CC2C1(C)C)[C@]1(C)[C@@H](O)C[C@H]([C@H](C)CC(=O)CC(C)C(=O)O)[C@@]1(C)CC3=O. The molecule has 0 heterocycles. The Morgan fingerprint density at radius 1 is 1.00 bits per heavy atom. The van der Waals surface area contributed by atoms with Gasteiger partial charge in [-0.25, -0.2) is 0 Å². The standard InChI is InChI=1S/C32H46O8/c1-16(11-19(34)12-17(2)28(38)39)20-13-24(37)32(8)27-21(35)14-23-29(4,5)25(40-18(3)33)9-10-30(23,6)26(27)22(36)15-31(20,32)7/h16-17,20,23-25,37H,9-15H2,1-8H3,(H,38,39)/t16-,17?,20-,23?,24+,25+,30+,31-,32+/m1/s1. The van der Waals surface area contributed by atoms with Gasteiger partial charge in [-0.05, 0) is 42.4 Å². The molecule has 0 aromatic heterocycles. The maximum Gasteiger partial charge on any atom is 0.306 e. The Morgan fingerprint density at radius 2 is 1.62 bits per heavy atom. The molecule has 0 bridgehead atoms. The van der Waals surface area contributed by atoms with Crippen LogP contribution in [-0.2, 0) is 28.7 Å². The smallest absolute Gasteiger partial charge is 0.306 e. The highest BCUT2D eigenvalue weighted by molar-refractivity contribution is 6.11. The number of ketones is 3. The van der Waals surface area contributed by atoms with Gasteiger partial charge in [0, 0.05) is 60.0 Å². The first-order chi connectivity index (χ1) is 18.3. The van der Waals surface area contributed by atoms with E-state index in [-0.39, 0.29) is 72.9 Å². The van der Waals surface area contributed by atoms with Crippen LogP contribution < -0.4 is 0 Å². The minimum atomic E-state index is -1.01. The summed E-state index contributed by atoms with van der Waals surface area (Å²) >= 11 is 0. The number of aliphatic hydroxyl groups is 1. The van der Waals surface area contributed by atoms with Crippen molar-refractivity contribution in [2.45, 2.75) is 113 Å². The molecule has 4 aliphatic rings. The van der Waals surface area contributed by atoms with Crippen LogP contribution in [0.4, 0.5) is 0 Å². The fourth-order valence-electron chi connectivity index (χ4n) is 9.51. The number of carboxylic acid groups (broad SMARTS) is 1. The topological polar surface area (TPSA) is 135 Å². The number of Topliss-reactive ketones (excluding diaryl/α,β-unsaturated/α-hetero) is 3. The van der Waals surface area contributed by atoms with Gasteiger partial charge in [0.2, 0.25) is 0 Å². The summed E-state index contributed by atoms with van der Waals surface area (Å²) in [6.45, 7) is 14.9. The van der Waals surface area contributed by atoms with Gasteiger partial charge in [-0.2, -0.15) is 0 Å². The first-order valence-corrected chi connectivity index (χ1v) is 14.7. The van der Waals surface area contributed by atoms with Crippen LogP contribution >= 0.6 is 0 Å². The van der Waals surface area contributed by atoms with Crippen molar-refractivity contribution in [1.82, 2.24) is 0 Å². The third-order valence-electron chi connectivity index (χ3n) is 11.9. The Hall–Kier alpha value is -2.35. The Bertz CT molecular complexity index is 1180. The lowest BCUT2D eigenvalue weighted by Crippen LogP contribution is -2.60. The number of aliphatic hydroxyl groups excluding tert-OH is 1. The molecule has 40 heavy (non-hydrogen) atoms. The number of carbonyl (C=O) groups is 5. The van der Waals surface area contributed by atoms with Crippen molar-refractivity contribution >= 4 is 29.3 Å². The molecule has 0 radical (unpaired) electrons. The lowest BCUT2D eigenvalue weighted by Gasteiger charge is -2.61. The van der Waals surface area contributed by atoms with Crippen LogP contribution in [0.15, 0.2) is 11.1 Å². The molecule has 222 valence electrons. The van der Waals surface area contributed by atoms with Crippen LogP contribution in [0.1, 0.15) is 100 Å². The van der Waals surface area contributed by atoms with Gasteiger partial charge in [0.1, 0.15) is 11.9 Å². The molecule has 2 N–H and O–H groups in total. The Balaban J connectivity index is 1.73. The average Bonchev–Trinajstić information content (AvgIpc) is 3.03. The first-order valence-electron chi connectivity index (χ1n) is 14.7. The molecule has 8 heteroatoms. The second-order valence-electron chi connectivity index (χ2n) is 14.5. The fourth-order valence-corrected chi connectivity index (χ4v) is 9.51. The summed E-state index contributed by atoms with van der Waals surface area (Å²) in [5.41, 5.74) is -1.76. The van der Waals surface area contributed by atoms with E-state index in [1.165, 1.54) is 13.8 Å². The van der Waals surface area contributed by atoms with E-state index in [1.807, 2.05) is 34.6 Å². The number of rotatable bonds is 7. The molecular weight excluding hydrogens is 512 g/mol.